The Labute approximate surface area is 173 Å². The molecule has 1 saturated heterocycles. The van der Waals surface area contributed by atoms with Crippen molar-refractivity contribution >= 4 is 29.1 Å². The molecule has 1 fully saturated rings. The van der Waals surface area contributed by atoms with Gasteiger partial charge >= 0.3 is 0 Å². The van der Waals surface area contributed by atoms with E-state index in [9.17, 15) is 9.18 Å². The third kappa shape index (κ3) is 4.71. The molecule has 2 aromatic carbocycles. The van der Waals surface area contributed by atoms with Crippen LogP contribution in [0.2, 0.25) is 5.02 Å². The number of aromatic nitrogens is 2. The van der Waals surface area contributed by atoms with Gasteiger partial charge in [0.1, 0.15) is 5.82 Å². The van der Waals surface area contributed by atoms with Gasteiger partial charge in [0.15, 0.2) is 0 Å². The lowest BCUT2D eigenvalue weighted by Gasteiger charge is -2.32. The van der Waals surface area contributed by atoms with E-state index < -0.39 is 0 Å². The SMILES string of the molecule is O=C(Nc1cccc(Cl)c1)[C@@H]1CCCN(c2ncc(-c3cccc(F)c3)cn2)C1. The van der Waals surface area contributed by atoms with Gasteiger partial charge in [0, 0.05) is 41.8 Å². The summed E-state index contributed by atoms with van der Waals surface area (Å²) in [4.78, 5) is 23.6. The van der Waals surface area contributed by atoms with Crippen molar-refractivity contribution in [3.63, 3.8) is 0 Å². The number of anilines is 2. The second-order valence-corrected chi connectivity index (χ2v) is 7.50. The molecule has 1 aromatic heterocycles. The Morgan fingerprint density at radius 3 is 2.66 bits per heavy atom. The lowest BCUT2D eigenvalue weighted by molar-refractivity contribution is -0.120. The lowest BCUT2D eigenvalue weighted by atomic mass is 9.97. The monoisotopic (exact) mass is 410 g/mol. The van der Waals surface area contributed by atoms with Crippen LogP contribution in [-0.2, 0) is 4.79 Å². The number of halogens is 2. The van der Waals surface area contributed by atoms with E-state index in [-0.39, 0.29) is 17.6 Å². The van der Waals surface area contributed by atoms with Crippen molar-refractivity contribution in [2.45, 2.75) is 12.8 Å². The predicted molar refractivity (Wildman–Crippen MR) is 112 cm³/mol. The molecule has 0 unspecified atom stereocenters. The van der Waals surface area contributed by atoms with Crippen LogP contribution in [0.1, 0.15) is 12.8 Å². The number of hydrogen-bond donors (Lipinski definition) is 1. The van der Waals surface area contributed by atoms with Crippen molar-refractivity contribution in [1.29, 1.82) is 0 Å². The Balaban J connectivity index is 1.43. The number of benzene rings is 2. The third-order valence-corrected chi connectivity index (χ3v) is 5.20. The first-order valence-corrected chi connectivity index (χ1v) is 9.85. The first-order chi connectivity index (χ1) is 14.1. The Morgan fingerprint density at radius 2 is 1.90 bits per heavy atom. The van der Waals surface area contributed by atoms with Crippen molar-refractivity contribution in [3.05, 3.63) is 71.8 Å². The third-order valence-electron chi connectivity index (χ3n) is 4.96. The maximum Gasteiger partial charge on any atom is 0.229 e. The molecule has 0 spiro atoms. The van der Waals surface area contributed by atoms with E-state index in [2.05, 4.69) is 15.3 Å². The van der Waals surface area contributed by atoms with Crippen LogP contribution in [0, 0.1) is 11.7 Å². The molecule has 5 nitrogen and oxygen atoms in total. The summed E-state index contributed by atoms with van der Waals surface area (Å²) in [6.45, 7) is 1.34. The summed E-state index contributed by atoms with van der Waals surface area (Å²) in [7, 11) is 0. The Hall–Kier alpha value is -2.99. The molecule has 148 valence electrons. The number of hydrogen-bond acceptors (Lipinski definition) is 4. The fraction of sp³-hybridized carbons (Fsp3) is 0.227. The molecule has 7 heteroatoms. The molecule has 0 saturated carbocycles. The number of carbonyl (C=O) groups is 1. The van der Waals surface area contributed by atoms with Crippen molar-refractivity contribution < 1.29 is 9.18 Å². The highest BCUT2D eigenvalue weighted by molar-refractivity contribution is 6.30. The standard InChI is InChI=1S/C22H20ClFN4O/c23-18-6-2-8-20(11-18)27-21(29)16-5-3-9-28(14-16)22-25-12-17(13-26-22)15-4-1-7-19(24)10-15/h1-2,4,6-8,10-13,16H,3,5,9,14H2,(H,27,29)/t16-/m1/s1. The number of nitrogens with zero attached hydrogens (tertiary/aromatic N) is 3. The van der Waals surface area contributed by atoms with Gasteiger partial charge in [-0.25, -0.2) is 14.4 Å². The molecule has 29 heavy (non-hydrogen) atoms. The molecule has 1 N–H and O–H groups in total. The van der Waals surface area contributed by atoms with E-state index in [1.807, 2.05) is 17.0 Å². The minimum absolute atomic E-state index is 0.0339. The highest BCUT2D eigenvalue weighted by Gasteiger charge is 2.27. The Morgan fingerprint density at radius 1 is 1.10 bits per heavy atom. The molecule has 1 atom stereocenters. The second-order valence-electron chi connectivity index (χ2n) is 7.07. The molecule has 1 aliphatic rings. The number of amides is 1. The number of nitrogens with one attached hydrogen (secondary N) is 1. The zero-order chi connectivity index (χ0) is 20.2. The van der Waals surface area contributed by atoms with Crippen molar-refractivity contribution in [2.24, 2.45) is 5.92 Å². The summed E-state index contributed by atoms with van der Waals surface area (Å²) in [5, 5.41) is 3.52. The van der Waals surface area contributed by atoms with E-state index in [0.29, 0.717) is 23.2 Å². The maximum absolute atomic E-state index is 13.4. The van der Waals surface area contributed by atoms with Crippen LogP contribution in [0.25, 0.3) is 11.1 Å². The summed E-state index contributed by atoms with van der Waals surface area (Å²) in [6.07, 6.45) is 5.06. The molecule has 1 amide bonds. The van der Waals surface area contributed by atoms with E-state index in [1.54, 1.807) is 36.7 Å². The van der Waals surface area contributed by atoms with Gasteiger partial charge in [-0.2, -0.15) is 0 Å². The summed E-state index contributed by atoms with van der Waals surface area (Å²) >= 11 is 5.99. The normalized spacial score (nSPS) is 16.5. The predicted octanol–water partition coefficient (Wildman–Crippen LogP) is 4.79. The van der Waals surface area contributed by atoms with Crippen molar-refractivity contribution in [2.75, 3.05) is 23.3 Å². The number of piperidine rings is 1. The van der Waals surface area contributed by atoms with E-state index >= 15 is 0 Å². The summed E-state index contributed by atoms with van der Waals surface area (Å²) in [6, 6.07) is 13.5. The molecule has 3 aromatic rings. The zero-order valence-corrected chi connectivity index (χ0v) is 16.4. The van der Waals surface area contributed by atoms with Gasteiger partial charge in [0.05, 0.1) is 5.92 Å². The van der Waals surface area contributed by atoms with Crippen LogP contribution in [0.15, 0.2) is 60.9 Å². The molecule has 0 bridgehead atoms. The minimum Gasteiger partial charge on any atom is -0.340 e. The van der Waals surface area contributed by atoms with Crippen LogP contribution in [0.3, 0.4) is 0 Å². The van der Waals surface area contributed by atoms with Crippen molar-refractivity contribution in [3.8, 4) is 11.1 Å². The van der Waals surface area contributed by atoms with Gasteiger partial charge < -0.3 is 10.2 Å². The van der Waals surface area contributed by atoms with Crippen LogP contribution >= 0.6 is 11.6 Å². The topological polar surface area (TPSA) is 58.1 Å². The van der Waals surface area contributed by atoms with Gasteiger partial charge in [0.2, 0.25) is 11.9 Å². The van der Waals surface area contributed by atoms with Gasteiger partial charge in [-0.3, -0.25) is 4.79 Å². The Kier molecular flexibility index (Phi) is 5.71. The number of rotatable bonds is 4. The highest BCUT2D eigenvalue weighted by Crippen LogP contribution is 2.24. The van der Waals surface area contributed by atoms with E-state index in [0.717, 1.165) is 30.5 Å². The summed E-state index contributed by atoms with van der Waals surface area (Å²) in [5.41, 5.74) is 2.17. The Bertz CT molecular complexity index is 1010. The molecule has 2 heterocycles. The van der Waals surface area contributed by atoms with Gasteiger partial charge in [-0.1, -0.05) is 29.8 Å². The van der Waals surface area contributed by atoms with Crippen LogP contribution in [0.4, 0.5) is 16.0 Å². The quantitative estimate of drug-likeness (QED) is 0.671. The van der Waals surface area contributed by atoms with E-state index in [4.69, 9.17) is 11.6 Å². The van der Waals surface area contributed by atoms with E-state index in [1.165, 1.54) is 12.1 Å². The average molecular weight is 411 g/mol. The number of carbonyl (C=O) groups excluding carboxylic acids is 1. The fourth-order valence-electron chi connectivity index (χ4n) is 3.48. The first-order valence-electron chi connectivity index (χ1n) is 9.48. The highest BCUT2D eigenvalue weighted by atomic mass is 35.5. The van der Waals surface area contributed by atoms with Crippen LogP contribution in [0.5, 0.6) is 0 Å². The van der Waals surface area contributed by atoms with Gasteiger partial charge in [0.25, 0.3) is 0 Å². The van der Waals surface area contributed by atoms with Gasteiger partial charge in [-0.15, -0.1) is 0 Å². The maximum atomic E-state index is 13.4. The van der Waals surface area contributed by atoms with Crippen LogP contribution < -0.4 is 10.2 Å². The summed E-state index contributed by atoms with van der Waals surface area (Å²) < 4.78 is 13.4. The molecular weight excluding hydrogens is 391 g/mol. The largest absolute Gasteiger partial charge is 0.340 e. The van der Waals surface area contributed by atoms with Crippen LogP contribution in [-0.4, -0.2) is 29.0 Å². The minimum atomic E-state index is -0.295. The molecule has 0 aliphatic carbocycles. The van der Waals surface area contributed by atoms with Gasteiger partial charge in [-0.05, 0) is 48.7 Å². The molecule has 4 rings (SSSR count). The smallest absolute Gasteiger partial charge is 0.229 e. The zero-order valence-electron chi connectivity index (χ0n) is 15.7. The molecule has 0 radical (unpaired) electrons. The first kappa shape index (κ1) is 19.3. The summed E-state index contributed by atoms with van der Waals surface area (Å²) in [5.74, 6) is 0.0872. The molecular formula is C22H20ClFN4O. The van der Waals surface area contributed by atoms with Crippen molar-refractivity contribution in [1.82, 2.24) is 9.97 Å². The molecule has 1 aliphatic heterocycles. The fourth-order valence-corrected chi connectivity index (χ4v) is 3.68. The lowest BCUT2D eigenvalue weighted by Crippen LogP contribution is -2.41. The second kappa shape index (κ2) is 8.57. The average Bonchev–Trinajstić information content (AvgIpc) is 2.74.